The van der Waals surface area contributed by atoms with Crippen molar-refractivity contribution in [2.24, 2.45) is 0 Å². The van der Waals surface area contributed by atoms with Crippen LogP contribution in [0.3, 0.4) is 0 Å². The molecule has 0 spiro atoms. The van der Waals surface area contributed by atoms with E-state index in [0.717, 1.165) is 30.2 Å². The van der Waals surface area contributed by atoms with Gasteiger partial charge < -0.3 is 9.84 Å². The Morgan fingerprint density at radius 2 is 1.94 bits per heavy atom. The number of nitrogens with zero attached hydrogens (tertiary/aromatic N) is 2. The number of rotatable bonds is 3. The Labute approximate surface area is 199 Å². The minimum Gasteiger partial charge on any atom is -0.495 e. The highest BCUT2D eigenvalue weighted by Gasteiger charge is 2.45. The topological polar surface area (TPSA) is 106 Å². The number of aromatic carboxylic acids is 1. The lowest BCUT2D eigenvalue weighted by Crippen LogP contribution is -2.50. The Bertz CT molecular complexity index is 1440. The molecule has 3 heterocycles. The Kier molecular flexibility index (Phi) is 5.37. The zero-order valence-electron chi connectivity index (χ0n) is 20.1. The molecule has 1 aromatic carbocycles. The van der Waals surface area contributed by atoms with Gasteiger partial charge >= 0.3 is 5.97 Å². The fourth-order valence-corrected chi connectivity index (χ4v) is 4.85. The zero-order chi connectivity index (χ0) is 25.2. The number of hydrogen-bond donors (Lipinski definition) is 1. The van der Waals surface area contributed by atoms with Crippen molar-refractivity contribution in [3.63, 3.8) is 0 Å². The van der Waals surface area contributed by atoms with Crippen LogP contribution in [0.1, 0.15) is 68.1 Å². The van der Waals surface area contributed by atoms with Crippen molar-refractivity contribution in [2.45, 2.75) is 56.9 Å². The molecule has 4 rings (SSSR count). The van der Waals surface area contributed by atoms with Gasteiger partial charge in [0.15, 0.2) is 15.3 Å². The number of fused-ring (bicyclic) bond motifs is 6. The molecular weight excluding hydrogens is 456 g/mol. The fourth-order valence-electron chi connectivity index (χ4n) is 4.61. The predicted molar refractivity (Wildman–Crippen MR) is 130 cm³/mol. The number of carbonyl (C=O) groups is 1. The van der Waals surface area contributed by atoms with Gasteiger partial charge in [0.1, 0.15) is 16.1 Å². The van der Waals surface area contributed by atoms with Crippen LogP contribution < -0.4 is 15.2 Å². The van der Waals surface area contributed by atoms with E-state index >= 15 is 0 Å². The summed E-state index contributed by atoms with van der Waals surface area (Å²) in [5.74, 6) is 5.05. The first-order chi connectivity index (χ1) is 15.7. The second-order valence-electron chi connectivity index (χ2n) is 9.97. The molecule has 1 saturated heterocycles. The van der Waals surface area contributed by atoms with Gasteiger partial charge in [-0.25, -0.2) is 13.2 Å². The van der Waals surface area contributed by atoms with Crippen LogP contribution in [0.4, 0.5) is 0 Å². The van der Waals surface area contributed by atoms with E-state index in [9.17, 15) is 23.1 Å². The molecule has 8 nitrogen and oxygen atoms in total. The summed E-state index contributed by atoms with van der Waals surface area (Å²) in [5.41, 5.74) is 1.69. The van der Waals surface area contributed by atoms with E-state index in [-0.39, 0.29) is 17.1 Å². The quantitative estimate of drug-likeness (QED) is 0.668. The van der Waals surface area contributed by atoms with Crippen LogP contribution in [-0.2, 0) is 9.84 Å². The summed E-state index contributed by atoms with van der Waals surface area (Å²) in [7, 11) is -1.90. The number of pyridine rings is 1. The van der Waals surface area contributed by atoms with E-state index in [2.05, 4.69) is 30.7 Å². The van der Waals surface area contributed by atoms with E-state index < -0.39 is 26.0 Å². The molecule has 1 N–H and O–H groups in total. The number of benzene rings is 1. The van der Waals surface area contributed by atoms with Crippen LogP contribution in [0.5, 0.6) is 5.75 Å². The third kappa shape index (κ3) is 3.66. The maximum Gasteiger partial charge on any atom is 0.341 e. The molecule has 0 aliphatic carbocycles. The lowest BCUT2D eigenvalue weighted by molar-refractivity contribution is 0.0694. The van der Waals surface area contributed by atoms with Crippen molar-refractivity contribution in [2.75, 3.05) is 18.4 Å². The first-order valence-corrected chi connectivity index (χ1v) is 12.8. The molecule has 0 amide bonds. The van der Waals surface area contributed by atoms with Crippen molar-refractivity contribution < 1.29 is 23.1 Å². The molecule has 2 aromatic rings. The molecule has 1 atom stereocenters. The first kappa shape index (κ1) is 23.9. The predicted octanol–water partition coefficient (Wildman–Crippen LogP) is 2.96. The third-order valence-corrected chi connectivity index (χ3v) is 8.83. The van der Waals surface area contributed by atoms with Crippen molar-refractivity contribution in [1.29, 1.82) is 0 Å². The second-order valence-corrected chi connectivity index (χ2v) is 12.5. The van der Waals surface area contributed by atoms with E-state index in [1.807, 2.05) is 6.07 Å². The van der Waals surface area contributed by atoms with Crippen molar-refractivity contribution in [3.05, 3.63) is 51.3 Å². The molecule has 0 bridgehead atoms. The lowest BCUT2D eigenvalue weighted by Gasteiger charge is -2.44. The molecule has 1 fully saturated rings. The van der Waals surface area contributed by atoms with Gasteiger partial charge in [0, 0.05) is 24.1 Å². The molecule has 0 unspecified atom stereocenters. The highest BCUT2D eigenvalue weighted by atomic mass is 32.2. The van der Waals surface area contributed by atoms with Gasteiger partial charge in [0.05, 0.1) is 29.9 Å². The minimum absolute atomic E-state index is 0.0731. The van der Waals surface area contributed by atoms with Crippen LogP contribution in [0.15, 0.2) is 29.2 Å². The van der Waals surface area contributed by atoms with Gasteiger partial charge in [0.25, 0.3) is 0 Å². The van der Waals surface area contributed by atoms with E-state index in [1.165, 1.54) is 19.4 Å². The number of sulfone groups is 1. The van der Waals surface area contributed by atoms with Gasteiger partial charge in [-0.3, -0.25) is 14.5 Å². The molecule has 9 heteroatoms. The normalized spacial score (nSPS) is 18.3. The molecular formula is C25H28N2O6S. The summed E-state index contributed by atoms with van der Waals surface area (Å²) in [6, 6.07) is 4.97. The van der Waals surface area contributed by atoms with E-state index in [4.69, 9.17) is 4.74 Å². The van der Waals surface area contributed by atoms with Crippen LogP contribution in [-0.4, -0.2) is 47.8 Å². The van der Waals surface area contributed by atoms with E-state index in [0.29, 0.717) is 17.0 Å². The van der Waals surface area contributed by atoms with Gasteiger partial charge in [-0.15, -0.1) is 0 Å². The first-order valence-electron chi connectivity index (χ1n) is 10.9. The monoisotopic (exact) mass is 484 g/mol. The smallest absolute Gasteiger partial charge is 0.341 e. The maximum absolute atomic E-state index is 12.6. The molecule has 180 valence electrons. The van der Waals surface area contributed by atoms with Crippen LogP contribution in [0.25, 0.3) is 11.3 Å². The van der Waals surface area contributed by atoms with Crippen molar-refractivity contribution >= 4 is 15.8 Å². The summed E-state index contributed by atoms with van der Waals surface area (Å²) in [5, 5.41) is 11.6. The highest BCUT2D eigenvalue weighted by molar-refractivity contribution is 7.92. The zero-order valence-corrected chi connectivity index (χ0v) is 20.9. The molecule has 2 aliphatic rings. The SMILES string of the molecule is COc1cc2c(cc1C#CC(C)(C)S(C)(=O)=O)[C@H]1CCC(C)(C)N1n1cc(C(=O)O)c(=O)cc1-2. The average molecular weight is 485 g/mol. The van der Waals surface area contributed by atoms with Gasteiger partial charge in [-0.2, -0.15) is 0 Å². The maximum atomic E-state index is 12.6. The summed E-state index contributed by atoms with van der Waals surface area (Å²) in [4.78, 5) is 24.3. The Hall–Kier alpha value is -3.25. The lowest BCUT2D eigenvalue weighted by atomic mass is 9.91. The molecule has 1 aromatic heterocycles. The summed E-state index contributed by atoms with van der Waals surface area (Å²) in [6.07, 6.45) is 4.24. The largest absolute Gasteiger partial charge is 0.495 e. The Balaban J connectivity index is 1.99. The van der Waals surface area contributed by atoms with E-state index in [1.54, 1.807) is 24.6 Å². The van der Waals surface area contributed by atoms with Crippen molar-refractivity contribution in [3.8, 4) is 28.8 Å². The molecule has 34 heavy (non-hydrogen) atoms. The Morgan fingerprint density at radius 1 is 1.26 bits per heavy atom. The standard InChI is InChI=1S/C25H28N2O6S/c1-24(2)9-8-19-16-11-15(7-10-25(3,4)34(6,31)32)22(33-5)12-17(16)20-13-21(28)18(23(29)30)14-26(20)27(19)24/h11-14,19H,8-9H2,1-6H3,(H,29,30)/t19-/m1/s1. The number of aromatic nitrogens is 1. The highest BCUT2D eigenvalue weighted by Crippen LogP contribution is 2.49. The number of carboxylic acid groups (broad SMARTS) is 1. The average Bonchev–Trinajstić information content (AvgIpc) is 3.05. The molecule has 2 aliphatic heterocycles. The number of hydrogen-bond acceptors (Lipinski definition) is 6. The fraction of sp³-hybridized carbons (Fsp3) is 0.440. The second kappa shape index (κ2) is 7.64. The number of ether oxygens (including phenoxy) is 1. The number of methoxy groups -OCH3 is 1. The summed E-state index contributed by atoms with van der Waals surface area (Å²) < 4.78 is 30.3. The molecule has 0 saturated carbocycles. The van der Waals surface area contributed by atoms with Crippen LogP contribution in [0.2, 0.25) is 0 Å². The van der Waals surface area contributed by atoms with Crippen LogP contribution >= 0.6 is 0 Å². The van der Waals surface area contributed by atoms with Crippen molar-refractivity contribution in [1.82, 2.24) is 4.68 Å². The van der Waals surface area contributed by atoms with Crippen LogP contribution in [0, 0.1) is 11.8 Å². The van der Waals surface area contributed by atoms with Gasteiger partial charge in [-0.05, 0) is 58.2 Å². The third-order valence-electron chi connectivity index (χ3n) is 6.87. The van der Waals surface area contributed by atoms with Gasteiger partial charge in [0.2, 0.25) is 0 Å². The summed E-state index contributed by atoms with van der Waals surface area (Å²) >= 11 is 0. The van der Waals surface area contributed by atoms with Gasteiger partial charge in [-0.1, -0.05) is 11.8 Å². The Morgan fingerprint density at radius 3 is 2.53 bits per heavy atom. The summed E-state index contributed by atoms with van der Waals surface area (Å²) in [6.45, 7) is 7.28. The molecule has 0 radical (unpaired) electrons. The minimum atomic E-state index is -3.40. The number of carboxylic acids is 1.